The number of hydrogen-bond acceptors (Lipinski definition) is 5. The van der Waals surface area contributed by atoms with Gasteiger partial charge in [-0.05, 0) is 95.4 Å². The number of carbonyl (C=O) groups excluding carboxylic acids is 1. The van der Waals surface area contributed by atoms with Crippen LogP contribution in [0, 0.1) is 29.1 Å². The minimum Gasteiger partial charge on any atom is -0.412 e. The highest BCUT2D eigenvalue weighted by Gasteiger charge is 2.42. The minimum absolute atomic E-state index is 0. The lowest BCUT2D eigenvalue weighted by atomic mass is 9.64. The molecule has 7 N–H and O–H groups in total. The zero-order valence-electron chi connectivity index (χ0n) is 29.1. The van der Waals surface area contributed by atoms with Gasteiger partial charge >= 0.3 is 0 Å². The van der Waals surface area contributed by atoms with Crippen molar-refractivity contribution in [1.82, 2.24) is 20.0 Å². The Morgan fingerprint density at radius 2 is 1.49 bits per heavy atom. The van der Waals surface area contributed by atoms with Crippen molar-refractivity contribution in [2.75, 3.05) is 52.5 Å². The molecule has 2 heterocycles. The van der Waals surface area contributed by atoms with Gasteiger partial charge in [0.1, 0.15) is 0 Å². The number of halogens is 1. The van der Waals surface area contributed by atoms with E-state index in [0.29, 0.717) is 35.4 Å². The van der Waals surface area contributed by atoms with Crippen molar-refractivity contribution in [3.8, 4) is 0 Å². The third-order valence-corrected chi connectivity index (χ3v) is 11.3. The van der Waals surface area contributed by atoms with Gasteiger partial charge in [0.15, 0.2) is 0 Å². The summed E-state index contributed by atoms with van der Waals surface area (Å²) in [5.74, 6) is 2.46. The van der Waals surface area contributed by atoms with Crippen LogP contribution in [0.15, 0.2) is 0 Å². The first kappa shape index (κ1) is 44.5. The molecule has 270 valence electrons. The van der Waals surface area contributed by atoms with Crippen LogP contribution in [0.3, 0.4) is 0 Å². The van der Waals surface area contributed by atoms with Crippen LogP contribution in [-0.2, 0) is 9.53 Å². The van der Waals surface area contributed by atoms with E-state index in [1.807, 2.05) is 0 Å². The largest absolute Gasteiger partial charge is 0.412 e. The number of carbonyl (C=O) groups is 1. The molecule has 3 unspecified atom stereocenters. The Bertz CT molecular complexity index is 825. The molecule has 45 heavy (non-hydrogen) atoms. The third-order valence-electron chi connectivity index (χ3n) is 10.9. The summed E-state index contributed by atoms with van der Waals surface area (Å²) in [5.41, 5.74) is 0.203. The molecule has 0 radical (unpaired) electrons. The average molecular weight is 665 g/mol. The van der Waals surface area contributed by atoms with Crippen LogP contribution in [0.5, 0.6) is 0 Å². The first-order valence-corrected chi connectivity index (χ1v) is 17.5. The van der Waals surface area contributed by atoms with E-state index in [1.165, 1.54) is 44.9 Å². The van der Waals surface area contributed by atoms with Crippen molar-refractivity contribution in [1.29, 1.82) is 0 Å². The maximum atomic E-state index is 13.9. The second-order valence-corrected chi connectivity index (χ2v) is 16.6. The first-order chi connectivity index (χ1) is 19.3. The Balaban J connectivity index is 0.00000484. The van der Waals surface area contributed by atoms with Crippen molar-refractivity contribution in [3.05, 3.63) is 0 Å². The fourth-order valence-corrected chi connectivity index (χ4v) is 8.60. The van der Waals surface area contributed by atoms with Gasteiger partial charge in [-0.15, -0.1) is 11.6 Å². The van der Waals surface area contributed by atoms with Gasteiger partial charge in [0.05, 0.1) is 18.2 Å². The molecule has 0 spiro atoms. The lowest BCUT2D eigenvalue weighted by Gasteiger charge is -2.49. The number of ether oxygens (including phenoxy) is 1. The van der Waals surface area contributed by atoms with Crippen molar-refractivity contribution in [2.24, 2.45) is 29.1 Å². The van der Waals surface area contributed by atoms with Crippen LogP contribution in [0.2, 0.25) is 0 Å². The lowest BCUT2D eigenvalue weighted by Crippen LogP contribution is -2.58. The fraction of sp³-hybridized carbons (Fsp3) is 0.971. The molecule has 4 aliphatic rings. The Morgan fingerprint density at radius 1 is 0.889 bits per heavy atom. The second-order valence-electron chi connectivity index (χ2n) is 16.0. The molecule has 10 heteroatoms. The van der Waals surface area contributed by atoms with E-state index >= 15 is 0 Å². The number of hydrogen-bond donors (Lipinski definition) is 1. The maximum absolute atomic E-state index is 13.9. The fourth-order valence-electron chi connectivity index (χ4n) is 8.35. The van der Waals surface area contributed by atoms with E-state index in [-0.39, 0.29) is 41.4 Å². The summed E-state index contributed by atoms with van der Waals surface area (Å²) in [6.07, 6.45) is 10.8. The summed E-state index contributed by atoms with van der Waals surface area (Å²) in [7, 11) is 0. The smallest absolute Gasteiger partial charge is 0.224 e. The number of piperidine rings is 1. The van der Waals surface area contributed by atoms with Crippen LogP contribution in [-0.4, -0.2) is 113 Å². The summed E-state index contributed by atoms with van der Waals surface area (Å²) >= 11 is 6.43. The van der Waals surface area contributed by atoms with Crippen LogP contribution < -0.4 is 5.32 Å². The molecule has 0 aromatic heterocycles. The highest BCUT2D eigenvalue weighted by molar-refractivity contribution is 6.20. The van der Waals surface area contributed by atoms with Crippen molar-refractivity contribution in [2.45, 2.75) is 137 Å². The van der Waals surface area contributed by atoms with Gasteiger partial charge in [0, 0.05) is 56.7 Å². The van der Waals surface area contributed by atoms with Crippen molar-refractivity contribution in [3.63, 3.8) is 0 Å². The summed E-state index contributed by atoms with van der Waals surface area (Å²) in [6, 6.07) is 0.579. The quantitative estimate of drug-likeness (QED) is 0.364. The van der Waals surface area contributed by atoms with Crippen LogP contribution in [0.4, 0.5) is 0 Å². The summed E-state index contributed by atoms with van der Waals surface area (Å²) in [4.78, 5) is 21.6. The zero-order valence-corrected chi connectivity index (χ0v) is 29.9. The van der Waals surface area contributed by atoms with Gasteiger partial charge < -0.3 is 31.4 Å². The monoisotopic (exact) mass is 665 g/mol. The van der Waals surface area contributed by atoms with Gasteiger partial charge in [-0.25, -0.2) is 0 Å². The number of amides is 1. The van der Waals surface area contributed by atoms with E-state index in [1.54, 1.807) is 0 Å². The first-order valence-electron chi connectivity index (χ1n) is 17.1. The SMILES string of the molecule is C.CC(C)[C@H](CN1CCC(C2CCC(Cl)CC2)C(C)(C)C1)NC(=O)C1CCCCC1N1CCN(COC(C)(C)C)CC1.O.O.O. The molecule has 2 aliphatic carbocycles. The normalized spacial score (nSPS) is 30.6. The van der Waals surface area contributed by atoms with Gasteiger partial charge in [0.25, 0.3) is 0 Å². The molecule has 0 bridgehead atoms. The van der Waals surface area contributed by atoms with Gasteiger partial charge in [-0.3, -0.25) is 14.6 Å². The highest BCUT2D eigenvalue weighted by atomic mass is 35.5. The number of nitrogens with one attached hydrogen (secondary N) is 1. The summed E-state index contributed by atoms with van der Waals surface area (Å²) < 4.78 is 6.03. The molecular formula is C35H73ClN4O5. The average Bonchev–Trinajstić information content (AvgIpc) is 2.91. The Hall–Kier alpha value is -0.520. The van der Waals surface area contributed by atoms with E-state index < -0.39 is 0 Å². The van der Waals surface area contributed by atoms with Crippen molar-refractivity contribution >= 4 is 17.5 Å². The number of alkyl halides is 1. The molecule has 2 aliphatic heterocycles. The molecule has 0 aromatic carbocycles. The molecule has 4 fully saturated rings. The van der Waals surface area contributed by atoms with Crippen LogP contribution in [0.1, 0.15) is 114 Å². The van der Waals surface area contributed by atoms with E-state index in [2.05, 4.69) is 68.5 Å². The molecule has 2 saturated carbocycles. The molecule has 9 nitrogen and oxygen atoms in total. The molecule has 4 atom stereocenters. The molecule has 4 rings (SSSR count). The predicted molar refractivity (Wildman–Crippen MR) is 189 cm³/mol. The summed E-state index contributed by atoms with van der Waals surface area (Å²) in [6.45, 7) is 24.0. The van der Waals surface area contributed by atoms with E-state index in [9.17, 15) is 4.79 Å². The topological polar surface area (TPSA) is 143 Å². The number of likely N-dealkylation sites (tertiary alicyclic amines) is 1. The highest BCUT2D eigenvalue weighted by Crippen LogP contribution is 2.45. The van der Waals surface area contributed by atoms with Gasteiger partial charge in [0.2, 0.25) is 5.91 Å². The van der Waals surface area contributed by atoms with Gasteiger partial charge in [-0.1, -0.05) is 48.0 Å². The number of nitrogens with zero attached hydrogens (tertiary/aromatic N) is 3. The standard InChI is InChI=1S/C34H63ClN4O2.CH4.3H2O/c1-25(2)30(22-38-17-16-29(34(6,7)23-38)26-12-14-27(35)15-13-26)36-32(40)28-10-8-9-11-31(28)39-20-18-37(19-21-39)24-41-33(3,4)5;;;;/h25-31H,8-24H2,1-7H3,(H,36,40);1H4;3*1H2/t26?,27?,28?,29?,30-,31?;;;;/m0..../s1. The molecule has 1 amide bonds. The minimum atomic E-state index is -0.105. The molecule has 2 saturated heterocycles. The van der Waals surface area contributed by atoms with E-state index in [4.69, 9.17) is 16.3 Å². The summed E-state index contributed by atoms with van der Waals surface area (Å²) in [5, 5.41) is 4.00. The molecule has 0 aromatic rings. The number of rotatable bonds is 9. The third kappa shape index (κ3) is 12.8. The Labute approximate surface area is 281 Å². The van der Waals surface area contributed by atoms with Crippen molar-refractivity contribution < 1.29 is 26.0 Å². The van der Waals surface area contributed by atoms with Gasteiger partial charge in [-0.2, -0.15) is 0 Å². The maximum Gasteiger partial charge on any atom is 0.224 e. The predicted octanol–water partition coefficient (Wildman–Crippen LogP) is 4.38. The second kappa shape index (κ2) is 19.5. The Morgan fingerprint density at radius 3 is 2.04 bits per heavy atom. The Kier molecular flexibility index (Phi) is 19.2. The lowest BCUT2D eigenvalue weighted by molar-refractivity contribution is -0.131. The van der Waals surface area contributed by atoms with Crippen LogP contribution >= 0.6 is 11.6 Å². The molecular weight excluding hydrogens is 592 g/mol. The van der Waals surface area contributed by atoms with Crippen LogP contribution in [0.25, 0.3) is 0 Å². The number of piperazine rings is 1. The van der Waals surface area contributed by atoms with E-state index in [0.717, 1.165) is 70.5 Å². The zero-order chi connectivity index (χ0) is 29.8.